The summed E-state index contributed by atoms with van der Waals surface area (Å²) in [5, 5.41) is 8.92. The number of para-hydroxylation sites is 1. The lowest BCUT2D eigenvalue weighted by atomic mass is 10.1. The number of amides is 2. The number of hydrogen-bond acceptors (Lipinski definition) is 3. The van der Waals surface area contributed by atoms with Crippen LogP contribution in [0.2, 0.25) is 0 Å². The Kier molecular flexibility index (Phi) is 4.07. The van der Waals surface area contributed by atoms with Crippen LogP contribution in [-0.2, 0) is 4.79 Å². The van der Waals surface area contributed by atoms with Gasteiger partial charge in [0, 0.05) is 24.3 Å². The van der Waals surface area contributed by atoms with Gasteiger partial charge < -0.3 is 9.80 Å². The molecule has 1 heterocycles. The molecule has 1 saturated heterocycles. The zero-order valence-corrected chi connectivity index (χ0v) is 12.5. The Hall–Kier alpha value is -3.13. The number of carbonyl (C=O) groups excluding carboxylic acids is 2. The summed E-state index contributed by atoms with van der Waals surface area (Å²) in [5.74, 6) is -0.324. The van der Waals surface area contributed by atoms with Gasteiger partial charge in [-0.3, -0.25) is 9.59 Å². The summed E-state index contributed by atoms with van der Waals surface area (Å²) < 4.78 is 0. The minimum Gasteiger partial charge on any atom is -0.328 e. The fourth-order valence-corrected chi connectivity index (χ4v) is 2.63. The Morgan fingerprint density at radius 1 is 1.04 bits per heavy atom. The first-order chi connectivity index (χ1) is 11.2. The maximum Gasteiger partial charge on any atom is 0.254 e. The van der Waals surface area contributed by atoms with Crippen LogP contribution >= 0.6 is 0 Å². The van der Waals surface area contributed by atoms with Crippen molar-refractivity contribution >= 4 is 17.5 Å². The fourth-order valence-electron chi connectivity index (χ4n) is 2.63. The van der Waals surface area contributed by atoms with E-state index in [4.69, 9.17) is 5.26 Å². The lowest BCUT2D eigenvalue weighted by molar-refractivity contribution is -0.120. The van der Waals surface area contributed by atoms with E-state index in [2.05, 4.69) is 0 Å². The molecule has 5 nitrogen and oxygen atoms in total. The van der Waals surface area contributed by atoms with Gasteiger partial charge in [-0.15, -0.1) is 0 Å². The number of benzene rings is 2. The Morgan fingerprint density at radius 2 is 1.83 bits per heavy atom. The Labute approximate surface area is 134 Å². The van der Waals surface area contributed by atoms with E-state index in [-0.39, 0.29) is 18.4 Å². The van der Waals surface area contributed by atoms with Gasteiger partial charge in [0.2, 0.25) is 5.91 Å². The van der Waals surface area contributed by atoms with Crippen molar-refractivity contribution in [2.75, 3.05) is 24.5 Å². The molecular weight excluding hydrogens is 290 g/mol. The van der Waals surface area contributed by atoms with Crippen molar-refractivity contribution in [2.24, 2.45) is 0 Å². The van der Waals surface area contributed by atoms with Gasteiger partial charge in [0.1, 0.15) is 6.54 Å². The van der Waals surface area contributed by atoms with Crippen LogP contribution in [0.5, 0.6) is 0 Å². The highest BCUT2D eigenvalue weighted by molar-refractivity contribution is 6.01. The molecule has 0 N–H and O–H groups in total. The van der Waals surface area contributed by atoms with E-state index >= 15 is 0 Å². The van der Waals surface area contributed by atoms with Crippen molar-refractivity contribution in [1.29, 1.82) is 5.26 Å². The van der Waals surface area contributed by atoms with Crippen molar-refractivity contribution in [1.82, 2.24) is 4.90 Å². The molecule has 0 unspecified atom stereocenters. The fraction of sp³-hybridized carbons (Fsp3) is 0.167. The van der Waals surface area contributed by atoms with Crippen LogP contribution < -0.4 is 4.90 Å². The molecule has 2 aromatic rings. The lowest BCUT2D eigenvalue weighted by Crippen LogP contribution is -2.52. The van der Waals surface area contributed by atoms with Crippen LogP contribution in [0.25, 0.3) is 0 Å². The maximum absolute atomic E-state index is 12.5. The summed E-state index contributed by atoms with van der Waals surface area (Å²) >= 11 is 0. The first-order valence-corrected chi connectivity index (χ1v) is 7.34. The number of hydrogen-bond donors (Lipinski definition) is 0. The average molecular weight is 305 g/mol. The zero-order valence-electron chi connectivity index (χ0n) is 12.5. The maximum atomic E-state index is 12.5. The molecule has 0 atom stereocenters. The minimum atomic E-state index is -0.219. The van der Waals surface area contributed by atoms with E-state index in [1.54, 1.807) is 29.2 Å². The molecule has 0 aliphatic carbocycles. The predicted octanol–water partition coefficient (Wildman–Crippen LogP) is 2.05. The smallest absolute Gasteiger partial charge is 0.254 e. The van der Waals surface area contributed by atoms with Gasteiger partial charge in [-0.05, 0) is 30.3 Å². The van der Waals surface area contributed by atoms with Crippen LogP contribution in [0.1, 0.15) is 15.9 Å². The molecule has 0 spiro atoms. The van der Waals surface area contributed by atoms with Gasteiger partial charge in [0.15, 0.2) is 0 Å². The molecule has 0 bridgehead atoms. The third kappa shape index (κ3) is 3.06. The van der Waals surface area contributed by atoms with E-state index in [0.29, 0.717) is 24.2 Å². The Morgan fingerprint density at radius 3 is 2.52 bits per heavy atom. The topological polar surface area (TPSA) is 64.4 Å². The van der Waals surface area contributed by atoms with Crippen molar-refractivity contribution < 1.29 is 9.59 Å². The standard InChI is InChI=1S/C18H15N3O2/c19-12-14-5-4-6-15(11-14)18(23)20-9-10-21(17(22)13-20)16-7-2-1-3-8-16/h1-8,11H,9-10,13H2. The Balaban J connectivity index is 1.73. The summed E-state index contributed by atoms with van der Waals surface area (Å²) in [4.78, 5) is 28.1. The predicted molar refractivity (Wildman–Crippen MR) is 85.9 cm³/mol. The second-order valence-corrected chi connectivity index (χ2v) is 5.30. The molecule has 0 saturated carbocycles. The number of rotatable bonds is 2. The molecular formula is C18H15N3O2. The van der Waals surface area contributed by atoms with E-state index in [9.17, 15) is 9.59 Å². The number of carbonyl (C=O) groups is 2. The van der Waals surface area contributed by atoms with Gasteiger partial charge in [0.25, 0.3) is 5.91 Å². The zero-order chi connectivity index (χ0) is 16.2. The number of piperazine rings is 1. The quantitative estimate of drug-likeness (QED) is 0.853. The summed E-state index contributed by atoms with van der Waals surface area (Å²) in [6, 6.07) is 18.0. The minimum absolute atomic E-state index is 0.0461. The highest BCUT2D eigenvalue weighted by Crippen LogP contribution is 2.18. The molecule has 0 radical (unpaired) electrons. The van der Waals surface area contributed by atoms with E-state index in [1.165, 1.54) is 4.90 Å². The summed E-state index contributed by atoms with van der Waals surface area (Å²) in [6.45, 7) is 0.979. The molecule has 5 heteroatoms. The molecule has 23 heavy (non-hydrogen) atoms. The third-order valence-electron chi connectivity index (χ3n) is 3.81. The highest BCUT2D eigenvalue weighted by atomic mass is 16.2. The van der Waals surface area contributed by atoms with Crippen LogP contribution in [0, 0.1) is 11.3 Å². The van der Waals surface area contributed by atoms with Crippen molar-refractivity contribution in [2.45, 2.75) is 0 Å². The molecule has 2 amide bonds. The molecule has 1 aliphatic heterocycles. The van der Waals surface area contributed by atoms with Crippen LogP contribution in [-0.4, -0.2) is 36.3 Å². The summed E-state index contributed by atoms with van der Waals surface area (Å²) in [6.07, 6.45) is 0. The molecule has 114 valence electrons. The second kappa shape index (κ2) is 6.32. The van der Waals surface area contributed by atoms with Crippen LogP contribution in [0.4, 0.5) is 5.69 Å². The SMILES string of the molecule is N#Cc1cccc(C(=O)N2CCN(c3ccccc3)C(=O)C2)c1. The van der Waals surface area contributed by atoms with Crippen molar-refractivity contribution in [3.8, 4) is 6.07 Å². The normalized spacial score (nSPS) is 14.5. The Bertz CT molecular complexity index is 780. The van der Waals surface area contributed by atoms with Gasteiger partial charge in [-0.25, -0.2) is 0 Å². The third-order valence-corrected chi connectivity index (χ3v) is 3.81. The molecule has 0 aromatic heterocycles. The highest BCUT2D eigenvalue weighted by Gasteiger charge is 2.28. The lowest BCUT2D eigenvalue weighted by Gasteiger charge is -2.34. The van der Waals surface area contributed by atoms with Crippen LogP contribution in [0.3, 0.4) is 0 Å². The first kappa shape index (κ1) is 14.8. The molecule has 3 rings (SSSR count). The summed E-state index contributed by atoms with van der Waals surface area (Å²) in [7, 11) is 0. The average Bonchev–Trinajstić information content (AvgIpc) is 2.61. The van der Waals surface area contributed by atoms with Gasteiger partial charge in [0.05, 0.1) is 11.6 Å². The first-order valence-electron chi connectivity index (χ1n) is 7.34. The van der Waals surface area contributed by atoms with Crippen molar-refractivity contribution in [3.63, 3.8) is 0 Å². The van der Waals surface area contributed by atoms with Gasteiger partial charge in [-0.2, -0.15) is 5.26 Å². The van der Waals surface area contributed by atoms with E-state index < -0.39 is 0 Å². The van der Waals surface area contributed by atoms with Crippen LogP contribution in [0.15, 0.2) is 54.6 Å². The van der Waals surface area contributed by atoms with Crippen molar-refractivity contribution in [3.05, 3.63) is 65.7 Å². The second-order valence-electron chi connectivity index (χ2n) is 5.30. The monoisotopic (exact) mass is 305 g/mol. The largest absolute Gasteiger partial charge is 0.328 e. The van der Waals surface area contributed by atoms with E-state index in [1.807, 2.05) is 36.4 Å². The van der Waals surface area contributed by atoms with E-state index in [0.717, 1.165) is 5.69 Å². The molecule has 1 fully saturated rings. The summed E-state index contributed by atoms with van der Waals surface area (Å²) in [5.41, 5.74) is 1.71. The molecule has 1 aliphatic rings. The number of nitrogens with zero attached hydrogens (tertiary/aromatic N) is 3. The van der Waals surface area contributed by atoms with Gasteiger partial charge >= 0.3 is 0 Å². The molecule has 2 aromatic carbocycles. The number of anilines is 1. The van der Waals surface area contributed by atoms with Gasteiger partial charge in [-0.1, -0.05) is 24.3 Å². The number of nitriles is 1.